The third-order valence-electron chi connectivity index (χ3n) is 18.7. The number of fused-ring (bicyclic) bond motifs is 16. The lowest BCUT2D eigenvalue weighted by Gasteiger charge is -2.38. The second-order valence-electron chi connectivity index (χ2n) is 23.3. The van der Waals surface area contributed by atoms with Crippen molar-refractivity contribution in [3.8, 4) is 33.4 Å². The van der Waals surface area contributed by atoms with Gasteiger partial charge >= 0.3 is 0 Å². The monoisotopic (exact) mass is 970 g/mol. The van der Waals surface area contributed by atoms with Crippen molar-refractivity contribution in [2.24, 2.45) is 11.8 Å². The van der Waals surface area contributed by atoms with Crippen LogP contribution in [0.5, 0.6) is 0 Å². The van der Waals surface area contributed by atoms with Crippen LogP contribution in [-0.4, -0.2) is 8.97 Å². The van der Waals surface area contributed by atoms with Gasteiger partial charge in [0.1, 0.15) is 0 Å². The Balaban J connectivity index is 0.729. The number of benzene rings is 11. The lowest BCUT2D eigenvalue weighted by atomic mass is 9.69. The van der Waals surface area contributed by atoms with Gasteiger partial charge in [-0.15, -0.1) is 0 Å². The smallest absolute Gasteiger partial charge is 0.0623 e. The van der Waals surface area contributed by atoms with E-state index in [1.807, 2.05) is 0 Å². The summed E-state index contributed by atoms with van der Waals surface area (Å²) in [5.41, 5.74) is 18.4. The predicted octanol–water partition coefficient (Wildman–Crippen LogP) is 19.7. The second-order valence-corrected chi connectivity index (χ2v) is 23.3. The number of nitrogens with zero attached hydrogens (tertiary/aromatic N) is 2. The van der Waals surface area contributed by atoms with Crippen molar-refractivity contribution in [2.45, 2.75) is 50.5 Å². The lowest BCUT2D eigenvalue weighted by Crippen LogP contribution is -2.28. The normalized spacial score (nSPS) is 18.2. The van der Waals surface area contributed by atoms with E-state index in [9.17, 15) is 0 Å². The molecule has 1 saturated carbocycles. The summed E-state index contributed by atoms with van der Waals surface area (Å²) in [6.45, 7) is 4.86. The topological polar surface area (TPSA) is 9.34 Å². The van der Waals surface area contributed by atoms with Gasteiger partial charge in [-0.2, -0.15) is 0 Å². The number of hydrogen-bond acceptors (Lipinski definition) is 0. The van der Waals surface area contributed by atoms with E-state index < -0.39 is 0 Å². The molecule has 11 aromatic carbocycles. The fourth-order valence-electron chi connectivity index (χ4n) is 15.0. The van der Waals surface area contributed by atoms with Crippen LogP contribution >= 0.6 is 0 Å². The Labute approximate surface area is 441 Å². The molecule has 17 rings (SSSR count). The summed E-state index contributed by atoms with van der Waals surface area (Å²) in [6, 6.07) is 79.3. The van der Waals surface area contributed by atoms with Gasteiger partial charge < -0.3 is 8.97 Å². The molecule has 0 bridgehead atoms. The summed E-state index contributed by atoms with van der Waals surface area (Å²) in [4.78, 5) is 0. The second kappa shape index (κ2) is 15.7. The Morgan fingerprint density at radius 3 is 1.67 bits per heavy atom. The third-order valence-corrected chi connectivity index (χ3v) is 18.7. The average Bonchev–Trinajstić information content (AvgIpc) is 4.38. The van der Waals surface area contributed by atoms with Crippen LogP contribution in [-0.2, 0) is 11.8 Å². The highest BCUT2D eigenvalue weighted by atomic mass is 15.1. The van der Waals surface area contributed by atoms with E-state index in [0.29, 0.717) is 23.8 Å². The highest BCUT2D eigenvalue weighted by molar-refractivity contribution is 6.27. The zero-order valence-electron chi connectivity index (χ0n) is 42.8. The average molecular weight is 971 g/mol. The van der Waals surface area contributed by atoms with Crippen LogP contribution in [0.4, 0.5) is 0 Å². The van der Waals surface area contributed by atoms with Crippen LogP contribution in [0.3, 0.4) is 0 Å². The first-order valence-electron chi connectivity index (χ1n) is 27.6. The minimum Gasteiger partial charge on any atom is -0.336 e. The van der Waals surface area contributed by atoms with Gasteiger partial charge in [0.05, 0.1) is 27.6 Å². The third kappa shape index (κ3) is 6.16. The standard InChI is InChI=1S/C74H54N2/c1-74(2,59-30-27-47(28-31-59)53-24-26-54-36-64-61-18-10-17-60-63-35-48-13-6-8-15-50(48)39-67(63)75(72(60)61)68(64)41-57(54)34-53)43-56-29-32-62-65-37-55-25-23-52(46-21-19-45(20-22-46)44-11-4-3-5-12-44)33-58(55)42-69(65)76-70-40-51-16-9-7-14-49(51)38-66(70)71(56)73(62)76/h3-34,36-38,40-42,48,50,63,67H,35,39,43H2,1-2H3. The van der Waals surface area contributed by atoms with Crippen LogP contribution in [0.15, 0.2) is 231 Å². The fraction of sp³-hybridized carbons (Fsp3) is 0.135. The van der Waals surface area contributed by atoms with Crippen molar-refractivity contribution in [3.63, 3.8) is 0 Å². The molecule has 1 fully saturated rings. The molecule has 1 aliphatic heterocycles. The maximum absolute atomic E-state index is 2.75. The molecule has 3 aromatic heterocycles. The fourth-order valence-corrected chi connectivity index (χ4v) is 15.0. The largest absolute Gasteiger partial charge is 0.336 e. The lowest BCUT2D eigenvalue weighted by molar-refractivity contribution is 0.235. The molecule has 0 saturated heterocycles. The van der Waals surface area contributed by atoms with E-state index in [0.717, 1.165) is 6.42 Å². The van der Waals surface area contributed by atoms with E-state index in [2.05, 4.69) is 253 Å². The quantitative estimate of drug-likeness (QED) is 0.157. The number of para-hydroxylation sites is 1. The van der Waals surface area contributed by atoms with Gasteiger partial charge in [-0.3, -0.25) is 0 Å². The predicted molar refractivity (Wildman–Crippen MR) is 322 cm³/mol. The van der Waals surface area contributed by atoms with Gasteiger partial charge in [0, 0.05) is 44.3 Å². The first kappa shape index (κ1) is 42.6. The van der Waals surface area contributed by atoms with Gasteiger partial charge in [0.15, 0.2) is 0 Å². The van der Waals surface area contributed by atoms with Crippen LogP contribution in [0.2, 0.25) is 0 Å². The Bertz CT molecular complexity index is 4810. The summed E-state index contributed by atoms with van der Waals surface area (Å²) in [6.07, 6.45) is 12.8. The van der Waals surface area contributed by atoms with Gasteiger partial charge in [-0.05, 0) is 167 Å². The molecule has 4 heterocycles. The minimum absolute atomic E-state index is 0.127. The Morgan fingerprint density at radius 1 is 0.408 bits per heavy atom. The number of rotatable bonds is 6. The molecule has 2 aliphatic carbocycles. The molecular formula is C74H54N2. The highest BCUT2D eigenvalue weighted by Gasteiger charge is 2.43. The molecule has 360 valence electrons. The summed E-state index contributed by atoms with van der Waals surface area (Å²) in [5.74, 6) is 1.86. The van der Waals surface area contributed by atoms with Gasteiger partial charge in [-0.1, -0.05) is 196 Å². The van der Waals surface area contributed by atoms with Crippen LogP contribution in [0.1, 0.15) is 55.3 Å². The maximum atomic E-state index is 2.75. The molecule has 4 atom stereocenters. The molecule has 76 heavy (non-hydrogen) atoms. The summed E-state index contributed by atoms with van der Waals surface area (Å²) in [7, 11) is 0. The molecule has 14 aromatic rings. The number of hydrogen-bond donors (Lipinski definition) is 0. The zero-order chi connectivity index (χ0) is 50.0. The molecule has 4 unspecified atom stereocenters. The Hall–Kier alpha value is -8.72. The van der Waals surface area contributed by atoms with Gasteiger partial charge in [0.2, 0.25) is 0 Å². The van der Waals surface area contributed by atoms with Crippen molar-refractivity contribution in [3.05, 3.63) is 247 Å². The molecule has 0 spiro atoms. The van der Waals surface area contributed by atoms with Crippen molar-refractivity contribution in [2.75, 3.05) is 0 Å². The molecule has 2 heteroatoms. The SMILES string of the molecule is CC(C)(Cc1ccc2c3cc4ccc(-c5ccc(-c6ccccc6)cc5)cc4cc3n3c4cc5ccccc5cc4c1c23)c1ccc(-c2ccc3cc4c5cccc6c5n(c4cc3c2)C2CC3C=CC=CC3CC62)cc1. The van der Waals surface area contributed by atoms with Gasteiger partial charge in [0.25, 0.3) is 0 Å². The summed E-state index contributed by atoms with van der Waals surface area (Å²) >= 11 is 0. The van der Waals surface area contributed by atoms with E-state index >= 15 is 0 Å². The Morgan fingerprint density at radius 2 is 0.947 bits per heavy atom. The highest BCUT2D eigenvalue weighted by Crippen LogP contribution is 2.56. The van der Waals surface area contributed by atoms with Crippen LogP contribution < -0.4 is 0 Å². The first-order valence-corrected chi connectivity index (χ1v) is 27.6. The minimum atomic E-state index is -0.127. The van der Waals surface area contributed by atoms with Crippen molar-refractivity contribution >= 4 is 92.2 Å². The zero-order valence-corrected chi connectivity index (χ0v) is 42.8. The molecule has 0 radical (unpaired) electrons. The molecule has 0 amide bonds. The van der Waals surface area contributed by atoms with Crippen LogP contribution in [0, 0.1) is 11.8 Å². The van der Waals surface area contributed by atoms with Crippen molar-refractivity contribution < 1.29 is 0 Å². The van der Waals surface area contributed by atoms with E-state index in [4.69, 9.17) is 0 Å². The first-order chi connectivity index (χ1) is 37.4. The van der Waals surface area contributed by atoms with E-state index in [1.54, 1.807) is 5.56 Å². The molecule has 2 nitrogen and oxygen atoms in total. The summed E-state index contributed by atoms with van der Waals surface area (Å²) < 4.78 is 5.34. The van der Waals surface area contributed by atoms with E-state index in [1.165, 1.54) is 150 Å². The van der Waals surface area contributed by atoms with Crippen molar-refractivity contribution in [1.29, 1.82) is 0 Å². The maximum Gasteiger partial charge on any atom is 0.0623 e. The van der Waals surface area contributed by atoms with Gasteiger partial charge in [-0.25, -0.2) is 0 Å². The molecule has 0 N–H and O–H groups in total. The van der Waals surface area contributed by atoms with E-state index in [-0.39, 0.29) is 5.41 Å². The number of aromatic nitrogens is 2. The number of allylic oxidation sites excluding steroid dienone is 4. The molecule has 3 aliphatic rings. The Kier molecular flexibility index (Phi) is 8.78. The summed E-state index contributed by atoms with van der Waals surface area (Å²) in [5, 5.41) is 15.8. The molecular weight excluding hydrogens is 917 g/mol. The van der Waals surface area contributed by atoms with Crippen molar-refractivity contribution in [1.82, 2.24) is 8.97 Å². The van der Waals surface area contributed by atoms with Crippen LogP contribution in [0.25, 0.3) is 126 Å².